The summed E-state index contributed by atoms with van der Waals surface area (Å²) in [5, 5.41) is 6.74. The Labute approximate surface area is 173 Å². The van der Waals surface area contributed by atoms with Crippen molar-refractivity contribution in [3.05, 3.63) is 77.0 Å². The summed E-state index contributed by atoms with van der Waals surface area (Å²) in [6.07, 6.45) is 3.80. The van der Waals surface area contributed by atoms with Gasteiger partial charge in [0.15, 0.2) is 11.5 Å². The largest absolute Gasteiger partial charge is 0.339 e. The second-order valence-electron chi connectivity index (χ2n) is 7.46. The summed E-state index contributed by atoms with van der Waals surface area (Å²) in [5.41, 5.74) is 2.65. The van der Waals surface area contributed by atoms with Crippen molar-refractivity contribution in [2.24, 2.45) is 0 Å². The van der Waals surface area contributed by atoms with E-state index in [1.54, 1.807) is 13.2 Å². The van der Waals surface area contributed by atoms with Gasteiger partial charge in [-0.2, -0.15) is 5.10 Å². The molecule has 3 heterocycles. The Balaban J connectivity index is 1.49. The summed E-state index contributed by atoms with van der Waals surface area (Å²) in [4.78, 5) is 31.2. The summed E-state index contributed by atoms with van der Waals surface area (Å²) >= 11 is 0. The number of rotatable bonds is 4. The number of nitrogens with one attached hydrogen (secondary N) is 1. The van der Waals surface area contributed by atoms with E-state index in [1.807, 2.05) is 43.3 Å². The zero-order valence-corrected chi connectivity index (χ0v) is 16.8. The molecule has 154 valence electrons. The highest BCUT2D eigenvalue weighted by Gasteiger charge is 2.31. The van der Waals surface area contributed by atoms with Crippen molar-refractivity contribution in [2.45, 2.75) is 32.4 Å². The Morgan fingerprint density at radius 1 is 1.30 bits per heavy atom. The summed E-state index contributed by atoms with van der Waals surface area (Å²) in [5.74, 6) is -1.14. The molecule has 1 aliphatic heterocycles. The van der Waals surface area contributed by atoms with Crippen molar-refractivity contribution in [1.29, 1.82) is 0 Å². The molecule has 0 spiro atoms. The number of aromatic nitrogens is 3. The van der Waals surface area contributed by atoms with Crippen LogP contribution in [0.4, 0.5) is 10.2 Å². The number of pyridine rings is 1. The predicted octanol–water partition coefficient (Wildman–Crippen LogP) is 2.48. The molecule has 0 aliphatic carbocycles. The maximum atomic E-state index is 14.4. The van der Waals surface area contributed by atoms with E-state index in [1.165, 1.54) is 15.8 Å². The molecule has 2 amide bonds. The van der Waals surface area contributed by atoms with Crippen LogP contribution in [0.15, 0.2) is 48.8 Å². The van der Waals surface area contributed by atoms with Crippen LogP contribution < -0.4 is 10.2 Å². The number of nitrogens with zero attached hydrogens (tertiary/aromatic N) is 4. The Hall–Kier alpha value is -3.55. The van der Waals surface area contributed by atoms with Gasteiger partial charge in [0.1, 0.15) is 11.9 Å². The highest BCUT2D eigenvalue weighted by molar-refractivity contribution is 6.01. The lowest BCUT2D eigenvalue weighted by atomic mass is 10.1. The molecule has 0 saturated heterocycles. The van der Waals surface area contributed by atoms with E-state index < -0.39 is 17.8 Å². The van der Waals surface area contributed by atoms with E-state index in [0.717, 1.165) is 16.7 Å². The zero-order chi connectivity index (χ0) is 21.3. The molecule has 1 atom stereocenters. The molecule has 0 saturated carbocycles. The van der Waals surface area contributed by atoms with Crippen LogP contribution in [0.25, 0.3) is 0 Å². The maximum absolute atomic E-state index is 14.4. The first-order chi connectivity index (χ1) is 14.4. The molecule has 0 bridgehead atoms. The molecule has 4 rings (SSSR count). The number of benzene rings is 1. The predicted molar refractivity (Wildman–Crippen MR) is 110 cm³/mol. The lowest BCUT2D eigenvalue weighted by molar-refractivity contribution is -0.120. The van der Waals surface area contributed by atoms with Crippen molar-refractivity contribution in [3.8, 4) is 0 Å². The molecule has 8 heteroatoms. The SMILES string of the molecule is Cc1cccc(Cn2cc(F)c(C(=O)N[C@@H]3CCc4cccnc4N(C)C3=O)n2)c1. The fraction of sp³-hybridized carbons (Fsp3) is 0.273. The van der Waals surface area contributed by atoms with E-state index in [4.69, 9.17) is 0 Å². The minimum absolute atomic E-state index is 0.291. The smallest absolute Gasteiger partial charge is 0.275 e. The number of hydrogen-bond acceptors (Lipinski definition) is 4. The van der Waals surface area contributed by atoms with Crippen LogP contribution in [0.1, 0.15) is 33.6 Å². The van der Waals surface area contributed by atoms with Gasteiger partial charge in [-0.05, 0) is 37.0 Å². The molecule has 0 unspecified atom stereocenters. The number of hydrogen-bond donors (Lipinski definition) is 1. The van der Waals surface area contributed by atoms with E-state index >= 15 is 0 Å². The average Bonchev–Trinajstić information content (AvgIpc) is 3.04. The van der Waals surface area contributed by atoms with Gasteiger partial charge in [0.25, 0.3) is 5.91 Å². The molecule has 7 nitrogen and oxygen atoms in total. The standard InChI is InChI=1S/C22H22FN5O2/c1-14-5-3-6-15(11-14)12-28-13-17(23)19(26-28)21(29)25-18-9-8-16-7-4-10-24-20(16)27(2)22(18)30/h3-7,10-11,13,18H,8-9,12H2,1-2H3,(H,25,29)/t18-/m1/s1. The normalized spacial score (nSPS) is 16.2. The van der Waals surface area contributed by atoms with Crippen molar-refractivity contribution in [2.75, 3.05) is 11.9 Å². The number of likely N-dealkylation sites (N-methyl/N-ethyl adjacent to an activating group) is 1. The number of carbonyl (C=O) groups is 2. The minimum Gasteiger partial charge on any atom is -0.339 e. The Kier molecular flexibility index (Phi) is 5.31. The lowest BCUT2D eigenvalue weighted by Crippen LogP contribution is -2.47. The van der Waals surface area contributed by atoms with Crippen LogP contribution in [0, 0.1) is 12.7 Å². The second kappa shape index (κ2) is 8.06. The highest BCUT2D eigenvalue weighted by atomic mass is 19.1. The molecule has 0 fully saturated rings. The van der Waals surface area contributed by atoms with Crippen LogP contribution in [0.3, 0.4) is 0 Å². The first-order valence-electron chi connectivity index (χ1n) is 9.73. The number of amides is 2. The van der Waals surface area contributed by atoms with Crippen molar-refractivity contribution in [3.63, 3.8) is 0 Å². The van der Waals surface area contributed by atoms with Crippen molar-refractivity contribution < 1.29 is 14.0 Å². The summed E-state index contributed by atoms with van der Waals surface area (Å²) < 4.78 is 15.8. The van der Waals surface area contributed by atoms with Crippen molar-refractivity contribution in [1.82, 2.24) is 20.1 Å². The molecule has 1 aliphatic rings. The summed E-state index contributed by atoms with van der Waals surface area (Å²) in [6.45, 7) is 2.32. The van der Waals surface area contributed by atoms with Gasteiger partial charge >= 0.3 is 0 Å². The topological polar surface area (TPSA) is 80.1 Å². The third-order valence-electron chi connectivity index (χ3n) is 5.18. The van der Waals surface area contributed by atoms with Gasteiger partial charge < -0.3 is 5.32 Å². The molecule has 30 heavy (non-hydrogen) atoms. The van der Waals surface area contributed by atoms with Crippen LogP contribution in [0.5, 0.6) is 0 Å². The number of fused-ring (bicyclic) bond motifs is 1. The Morgan fingerprint density at radius 2 is 2.13 bits per heavy atom. The fourth-order valence-electron chi connectivity index (χ4n) is 3.68. The first kappa shape index (κ1) is 19.8. The van der Waals surface area contributed by atoms with Crippen LogP contribution in [-0.2, 0) is 17.8 Å². The Bertz CT molecular complexity index is 1110. The fourth-order valence-corrected chi connectivity index (χ4v) is 3.68. The van der Waals surface area contributed by atoms with E-state index in [-0.39, 0.29) is 11.6 Å². The molecule has 0 radical (unpaired) electrons. The van der Waals surface area contributed by atoms with Gasteiger partial charge in [0.05, 0.1) is 12.7 Å². The third-order valence-corrected chi connectivity index (χ3v) is 5.18. The number of carbonyl (C=O) groups excluding carboxylic acids is 2. The molecule has 1 aromatic carbocycles. The third kappa shape index (κ3) is 3.94. The molecule has 3 aromatic rings. The van der Waals surface area contributed by atoms with E-state index in [2.05, 4.69) is 15.4 Å². The van der Waals surface area contributed by atoms with Gasteiger partial charge in [0, 0.05) is 13.2 Å². The van der Waals surface area contributed by atoms with Crippen LogP contribution in [0.2, 0.25) is 0 Å². The Morgan fingerprint density at radius 3 is 2.93 bits per heavy atom. The van der Waals surface area contributed by atoms with Gasteiger partial charge in [-0.25, -0.2) is 9.37 Å². The number of anilines is 1. The monoisotopic (exact) mass is 407 g/mol. The van der Waals surface area contributed by atoms with Gasteiger partial charge in [-0.3, -0.25) is 19.2 Å². The number of halogens is 1. The average molecular weight is 407 g/mol. The van der Waals surface area contributed by atoms with E-state index in [9.17, 15) is 14.0 Å². The van der Waals surface area contributed by atoms with Crippen LogP contribution in [-0.4, -0.2) is 39.7 Å². The van der Waals surface area contributed by atoms with Crippen molar-refractivity contribution >= 4 is 17.6 Å². The number of aryl methyl sites for hydroxylation is 2. The van der Waals surface area contributed by atoms with Gasteiger partial charge in [-0.15, -0.1) is 0 Å². The molecule has 2 aromatic heterocycles. The minimum atomic E-state index is -0.780. The zero-order valence-electron chi connectivity index (χ0n) is 16.8. The second-order valence-corrected chi connectivity index (χ2v) is 7.46. The van der Waals surface area contributed by atoms with Gasteiger partial charge in [0.2, 0.25) is 5.91 Å². The quantitative estimate of drug-likeness (QED) is 0.721. The van der Waals surface area contributed by atoms with Gasteiger partial charge in [-0.1, -0.05) is 35.9 Å². The lowest BCUT2D eigenvalue weighted by Gasteiger charge is -2.20. The maximum Gasteiger partial charge on any atom is 0.275 e. The van der Waals surface area contributed by atoms with E-state index in [0.29, 0.717) is 25.2 Å². The highest BCUT2D eigenvalue weighted by Crippen LogP contribution is 2.23. The van der Waals surface area contributed by atoms with Crippen LogP contribution >= 0.6 is 0 Å². The molecule has 1 N–H and O–H groups in total. The first-order valence-corrected chi connectivity index (χ1v) is 9.73. The molecular weight excluding hydrogens is 385 g/mol. The summed E-state index contributed by atoms with van der Waals surface area (Å²) in [7, 11) is 1.62. The summed E-state index contributed by atoms with van der Waals surface area (Å²) in [6, 6.07) is 10.7. The molecular formula is C22H22FN5O2.